The normalized spacial score (nSPS) is 18.7. The number of allylic oxidation sites excluding steroid dienone is 1. The first-order valence-corrected chi connectivity index (χ1v) is 11.3. The van der Waals surface area contributed by atoms with Gasteiger partial charge in [-0.15, -0.1) is 0 Å². The Morgan fingerprint density at radius 1 is 1.16 bits per heavy atom. The van der Waals surface area contributed by atoms with Gasteiger partial charge in [-0.25, -0.2) is 9.37 Å². The number of halogens is 1. The fourth-order valence-corrected chi connectivity index (χ4v) is 5.89. The molecule has 5 heteroatoms. The van der Waals surface area contributed by atoms with E-state index in [9.17, 15) is 9.18 Å². The van der Waals surface area contributed by atoms with Crippen LogP contribution in [0, 0.1) is 5.82 Å². The van der Waals surface area contributed by atoms with E-state index >= 15 is 0 Å². The van der Waals surface area contributed by atoms with E-state index in [1.165, 1.54) is 11.1 Å². The summed E-state index contributed by atoms with van der Waals surface area (Å²) in [6.45, 7) is 9.58. The third kappa shape index (κ3) is 2.46. The Balaban J connectivity index is 1.65. The summed E-state index contributed by atoms with van der Waals surface area (Å²) in [4.78, 5) is 18.4. The number of nitrogens with zero attached hydrogens (tertiary/aromatic N) is 2. The van der Waals surface area contributed by atoms with E-state index in [1.54, 1.807) is 6.07 Å². The van der Waals surface area contributed by atoms with Gasteiger partial charge < -0.3 is 9.88 Å². The molecule has 3 heterocycles. The minimum atomic E-state index is -0.240. The number of rotatable bonds is 2. The van der Waals surface area contributed by atoms with E-state index in [0.29, 0.717) is 24.3 Å². The summed E-state index contributed by atoms with van der Waals surface area (Å²) in [5.41, 5.74) is 9.80. The Labute approximate surface area is 180 Å². The van der Waals surface area contributed by atoms with Crippen LogP contribution in [0.4, 0.5) is 10.1 Å². The molecule has 1 unspecified atom stereocenters. The molecule has 0 amide bonds. The lowest BCUT2D eigenvalue weighted by Crippen LogP contribution is -2.28. The first kappa shape index (κ1) is 18.8. The molecular formula is C26H26FN3O. The van der Waals surface area contributed by atoms with Gasteiger partial charge in [0.05, 0.1) is 29.1 Å². The predicted molar refractivity (Wildman–Crippen MR) is 123 cm³/mol. The fraction of sp³-hybridized carbons (Fsp3) is 0.385. The zero-order chi connectivity index (χ0) is 21.4. The minimum absolute atomic E-state index is 0.108. The summed E-state index contributed by atoms with van der Waals surface area (Å²) < 4.78 is 16.9. The first-order chi connectivity index (χ1) is 15.0. The second-order valence-electron chi connectivity index (χ2n) is 9.14. The molecule has 0 saturated carbocycles. The highest BCUT2D eigenvalue weighted by Gasteiger charge is 2.32. The molecule has 2 aliphatic carbocycles. The molecule has 158 valence electrons. The highest BCUT2D eigenvalue weighted by molar-refractivity contribution is 5.95. The van der Waals surface area contributed by atoms with Gasteiger partial charge in [-0.2, -0.15) is 0 Å². The van der Waals surface area contributed by atoms with Gasteiger partial charge in [0.15, 0.2) is 0 Å². The van der Waals surface area contributed by atoms with E-state index in [-0.39, 0.29) is 17.3 Å². The standard InChI is InChI=1S/C26H26FN3O/c1-4-28-24-17-7-5-6-15-19-12-30-22(25(19)29-21(23(15)17)11-20(24)27)10-18-14(3)13(2)8-9-16(18)26(30)31/h10-11,14,28H,2,4-9,12H2,1,3H3. The molecule has 0 spiro atoms. The monoisotopic (exact) mass is 415 g/mol. The molecule has 0 bridgehead atoms. The molecule has 1 N–H and O–H groups in total. The number of fused-ring (bicyclic) bond motifs is 5. The number of pyridine rings is 2. The van der Waals surface area contributed by atoms with Crippen molar-refractivity contribution < 1.29 is 4.39 Å². The van der Waals surface area contributed by atoms with Crippen LogP contribution in [-0.4, -0.2) is 16.1 Å². The van der Waals surface area contributed by atoms with Crippen molar-refractivity contribution in [2.45, 2.75) is 58.4 Å². The number of anilines is 1. The van der Waals surface area contributed by atoms with Crippen LogP contribution in [0.25, 0.3) is 22.3 Å². The number of benzene rings is 1. The van der Waals surface area contributed by atoms with Crippen LogP contribution in [0.3, 0.4) is 0 Å². The van der Waals surface area contributed by atoms with Crippen molar-refractivity contribution in [1.82, 2.24) is 9.55 Å². The van der Waals surface area contributed by atoms with Gasteiger partial charge >= 0.3 is 0 Å². The van der Waals surface area contributed by atoms with Crippen molar-refractivity contribution in [3.05, 3.63) is 68.3 Å². The smallest absolute Gasteiger partial charge is 0.254 e. The van der Waals surface area contributed by atoms with E-state index in [0.717, 1.165) is 71.1 Å². The van der Waals surface area contributed by atoms with Crippen LogP contribution >= 0.6 is 0 Å². The van der Waals surface area contributed by atoms with Gasteiger partial charge in [-0.05, 0) is 61.8 Å². The van der Waals surface area contributed by atoms with Crippen molar-refractivity contribution in [3.63, 3.8) is 0 Å². The molecule has 0 fully saturated rings. The van der Waals surface area contributed by atoms with Crippen LogP contribution in [0.15, 0.2) is 29.1 Å². The van der Waals surface area contributed by atoms with E-state index < -0.39 is 0 Å². The average Bonchev–Trinajstić information content (AvgIpc) is 3.13. The lowest BCUT2D eigenvalue weighted by molar-refractivity contribution is 0.628. The molecule has 1 aliphatic heterocycles. The zero-order valence-electron chi connectivity index (χ0n) is 18.1. The van der Waals surface area contributed by atoms with Gasteiger partial charge in [0.1, 0.15) is 5.82 Å². The maximum atomic E-state index is 15.0. The van der Waals surface area contributed by atoms with Crippen LogP contribution < -0.4 is 10.9 Å². The molecular weight excluding hydrogens is 389 g/mol. The molecule has 0 radical (unpaired) electrons. The lowest BCUT2D eigenvalue weighted by atomic mass is 9.81. The Kier molecular flexibility index (Phi) is 3.95. The lowest BCUT2D eigenvalue weighted by Gasteiger charge is -2.25. The van der Waals surface area contributed by atoms with Crippen LogP contribution in [0.1, 0.15) is 60.4 Å². The second-order valence-corrected chi connectivity index (χ2v) is 9.14. The molecule has 2 aromatic heterocycles. The Bertz CT molecular complexity index is 1370. The van der Waals surface area contributed by atoms with Gasteiger partial charge in [0.25, 0.3) is 5.56 Å². The molecule has 31 heavy (non-hydrogen) atoms. The summed E-state index contributed by atoms with van der Waals surface area (Å²) in [5.74, 6) is -0.0627. The molecule has 1 atom stereocenters. The summed E-state index contributed by atoms with van der Waals surface area (Å²) in [5, 5.41) is 4.31. The van der Waals surface area contributed by atoms with Gasteiger partial charge in [-0.1, -0.05) is 19.1 Å². The fourth-order valence-electron chi connectivity index (χ4n) is 5.89. The SMILES string of the molecule is C=C1CCc2c(cc3n(c2=O)Cc2c-3nc3cc(F)c(NCC)c4c3c2CCC4)C1C. The highest BCUT2D eigenvalue weighted by atomic mass is 19.1. The molecule has 3 aliphatic rings. The molecule has 4 nitrogen and oxygen atoms in total. The third-order valence-corrected chi connectivity index (χ3v) is 7.52. The van der Waals surface area contributed by atoms with Gasteiger partial charge in [-0.3, -0.25) is 4.79 Å². The second kappa shape index (κ2) is 6.52. The predicted octanol–water partition coefficient (Wildman–Crippen LogP) is 5.09. The quantitative estimate of drug-likeness (QED) is 0.464. The topological polar surface area (TPSA) is 46.9 Å². The van der Waals surface area contributed by atoms with Crippen molar-refractivity contribution in [1.29, 1.82) is 0 Å². The zero-order valence-corrected chi connectivity index (χ0v) is 18.1. The Morgan fingerprint density at radius 3 is 2.77 bits per heavy atom. The third-order valence-electron chi connectivity index (χ3n) is 7.52. The van der Waals surface area contributed by atoms with Crippen molar-refractivity contribution >= 4 is 16.6 Å². The van der Waals surface area contributed by atoms with Gasteiger partial charge in [0.2, 0.25) is 0 Å². The van der Waals surface area contributed by atoms with E-state index in [4.69, 9.17) is 4.98 Å². The number of aromatic nitrogens is 2. The maximum Gasteiger partial charge on any atom is 0.254 e. The molecule has 3 aromatic rings. The van der Waals surface area contributed by atoms with Crippen molar-refractivity contribution in [3.8, 4) is 11.4 Å². The first-order valence-electron chi connectivity index (χ1n) is 11.3. The summed E-state index contributed by atoms with van der Waals surface area (Å²) in [6.07, 6.45) is 4.42. The van der Waals surface area contributed by atoms with Crippen LogP contribution in [0.5, 0.6) is 0 Å². The van der Waals surface area contributed by atoms with E-state index in [1.807, 2.05) is 11.5 Å². The average molecular weight is 416 g/mol. The van der Waals surface area contributed by atoms with Crippen LogP contribution in [0.2, 0.25) is 0 Å². The van der Waals surface area contributed by atoms with Crippen molar-refractivity contribution in [2.24, 2.45) is 0 Å². The summed E-state index contributed by atoms with van der Waals surface area (Å²) in [7, 11) is 0. The molecule has 1 aromatic carbocycles. The molecule has 6 rings (SSSR count). The summed E-state index contributed by atoms with van der Waals surface area (Å²) in [6, 6.07) is 3.71. The maximum absolute atomic E-state index is 15.0. The van der Waals surface area contributed by atoms with Gasteiger partial charge in [0, 0.05) is 35.0 Å². The number of aryl methyl sites for hydroxylation is 2. The van der Waals surface area contributed by atoms with E-state index in [2.05, 4.69) is 24.9 Å². The number of hydrogen-bond donors (Lipinski definition) is 1. The van der Waals surface area contributed by atoms with Crippen molar-refractivity contribution in [2.75, 3.05) is 11.9 Å². The minimum Gasteiger partial charge on any atom is -0.383 e. The Morgan fingerprint density at radius 2 is 1.97 bits per heavy atom. The largest absolute Gasteiger partial charge is 0.383 e. The highest BCUT2D eigenvalue weighted by Crippen LogP contribution is 2.44. The molecule has 0 saturated heterocycles. The number of nitrogens with one attached hydrogen (secondary N) is 1. The summed E-state index contributed by atoms with van der Waals surface area (Å²) >= 11 is 0. The Hall–Kier alpha value is -2.95. The number of hydrogen-bond acceptors (Lipinski definition) is 3. The van der Waals surface area contributed by atoms with Crippen LogP contribution in [-0.2, 0) is 25.8 Å².